The zero-order chi connectivity index (χ0) is 28.2. The van der Waals surface area contributed by atoms with Crippen molar-refractivity contribution in [3.05, 3.63) is 119 Å². The molecule has 0 heterocycles. The van der Waals surface area contributed by atoms with Crippen LogP contribution < -0.4 is 5.32 Å². The van der Waals surface area contributed by atoms with E-state index < -0.39 is 6.04 Å². The van der Waals surface area contributed by atoms with E-state index in [1.807, 2.05) is 65.6 Å². The molecule has 6 rings (SSSR count). The number of aliphatic hydroxyl groups excluding tert-OH is 1. The fourth-order valence-corrected chi connectivity index (χ4v) is 6.35. The molecule has 4 aromatic carbocycles. The lowest BCUT2D eigenvalue weighted by molar-refractivity contribution is -0.127. The zero-order valence-corrected chi connectivity index (χ0v) is 23.4. The predicted molar refractivity (Wildman–Crippen MR) is 162 cm³/mol. The summed E-state index contributed by atoms with van der Waals surface area (Å²) in [6.07, 6.45) is 6.06. The molecule has 2 amide bonds. The minimum atomic E-state index is -0.401. The molecule has 3 atom stereocenters. The minimum Gasteiger partial charge on any atom is -0.394 e. The second kappa shape index (κ2) is 12.3. The Kier molecular flexibility index (Phi) is 8.15. The monoisotopic (exact) mass is 546 g/mol. The first kappa shape index (κ1) is 27.2. The molecule has 4 aromatic rings. The van der Waals surface area contributed by atoms with Crippen LogP contribution in [-0.2, 0) is 11.3 Å². The van der Waals surface area contributed by atoms with Gasteiger partial charge in [-0.25, -0.2) is 0 Å². The molecule has 0 saturated heterocycles. The highest BCUT2D eigenvalue weighted by Crippen LogP contribution is 2.39. The highest BCUT2D eigenvalue weighted by molar-refractivity contribution is 5.98. The van der Waals surface area contributed by atoms with Gasteiger partial charge in [-0.1, -0.05) is 97.8 Å². The molecule has 5 heteroatoms. The Morgan fingerprint density at radius 3 is 2.24 bits per heavy atom. The summed E-state index contributed by atoms with van der Waals surface area (Å²) in [4.78, 5) is 29.1. The fourth-order valence-electron chi connectivity index (χ4n) is 6.35. The van der Waals surface area contributed by atoms with Gasteiger partial charge in [-0.2, -0.15) is 0 Å². The molecule has 2 N–H and O–H groups in total. The maximum Gasteiger partial charge on any atom is 0.254 e. The molecule has 0 radical (unpaired) electrons. The van der Waals surface area contributed by atoms with Gasteiger partial charge < -0.3 is 15.3 Å². The molecule has 2 aliphatic rings. The molecule has 0 bridgehead atoms. The van der Waals surface area contributed by atoms with Crippen LogP contribution in [0.1, 0.15) is 77.5 Å². The lowest BCUT2D eigenvalue weighted by atomic mass is 9.74. The van der Waals surface area contributed by atoms with Crippen LogP contribution in [0.3, 0.4) is 0 Å². The number of nitrogens with zero attached hydrogens (tertiary/aromatic N) is 1. The van der Waals surface area contributed by atoms with E-state index in [0.29, 0.717) is 12.6 Å². The van der Waals surface area contributed by atoms with Crippen LogP contribution in [0.4, 0.5) is 0 Å². The quantitative estimate of drug-likeness (QED) is 0.243. The minimum absolute atomic E-state index is 0.0163. The van der Waals surface area contributed by atoms with Gasteiger partial charge in [-0.05, 0) is 71.2 Å². The molecule has 1 unspecified atom stereocenters. The van der Waals surface area contributed by atoms with Crippen LogP contribution in [0.2, 0.25) is 0 Å². The molecule has 2 fully saturated rings. The van der Waals surface area contributed by atoms with Gasteiger partial charge in [-0.15, -0.1) is 0 Å². The number of amides is 2. The summed E-state index contributed by atoms with van der Waals surface area (Å²) in [5, 5.41) is 15.3. The maximum atomic E-state index is 13.6. The highest BCUT2D eigenvalue weighted by Gasteiger charge is 2.35. The third-order valence-electron chi connectivity index (χ3n) is 8.81. The number of carbonyl (C=O) groups excluding carboxylic acids is 2. The van der Waals surface area contributed by atoms with Gasteiger partial charge in [-0.3, -0.25) is 9.59 Å². The van der Waals surface area contributed by atoms with Crippen molar-refractivity contribution in [1.29, 1.82) is 0 Å². The summed E-state index contributed by atoms with van der Waals surface area (Å²) in [6.45, 7) is 0.456. The number of hydrogen-bond acceptors (Lipinski definition) is 3. The Hall–Kier alpha value is -3.96. The smallest absolute Gasteiger partial charge is 0.254 e. The summed E-state index contributed by atoms with van der Waals surface area (Å²) in [6, 6.07) is 32.2. The van der Waals surface area contributed by atoms with E-state index in [0.717, 1.165) is 66.0 Å². The van der Waals surface area contributed by atoms with Gasteiger partial charge in [0.05, 0.1) is 12.6 Å². The van der Waals surface area contributed by atoms with E-state index in [1.165, 1.54) is 5.56 Å². The number of hydrogen-bond donors (Lipinski definition) is 2. The summed E-state index contributed by atoms with van der Waals surface area (Å²) in [5.74, 6) is 0.127. The van der Waals surface area contributed by atoms with Gasteiger partial charge in [0.15, 0.2) is 0 Å². The molecule has 5 nitrogen and oxygen atoms in total. The molecule has 0 aliphatic heterocycles. The zero-order valence-electron chi connectivity index (χ0n) is 23.4. The molecule has 0 aromatic heterocycles. The fraction of sp³-hybridized carbons (Fsp3) is 0.333. The van der Waals surface area contributed by atoms with E-state index in [4.69, 9.17) is 0 Å². The number of nitrogens with one attached hydrogen (secondary N) is 1. The van der Waals surface area contributed by atoms with Gasteiger partial charge in [0, 0.05) is 24.1 Å². The number of carbonyl (C=O) groups is 2. The Morgan fingerprint density at radius 2 is 1.51 bits per heavy atom. The van der Waals surface area contributed by atoms with Crippen LogP contribution >= 0.6 is 0 Å². The molecule has 2 aliphatic carbocycles. The van der Waals surface area contributed by atoms with E-state index in [9.17, 15) is 14.7 Å². The molecule has 210 valence electrons. The Bertz CT molecular complexity index is 1500. The normalized spacial score (nSPS) is 19.4. The second-order valence-corrected chi connectivity index (χ2v) is 11.6. The van der Waals surface area contributed by atoms with Crippen molar-refractivity contribution < 1.29 is 14.7 Å². The molecule has 2 saturated carbocycles. The number of fused-ring (bicyclic) bond motifs is 1. The van der Waals surface area contributed by atoms with Crippen LogP contribution in [0, 0.1) is 5.92 Å². The van der Waals surface area contributed by atoms with Gasteiger partial charge in [0.25, 0.3) is 5.91 Å². The molecule has 0 spiro atoms. The van der Waals surface area contributed by atoms with Crippen LogP contribution in [0.25, 0.3) is 10.8 Å². The number of rotatable bonds is 9. The first-order chi connectivity index (χ1) is 20.1. The summed E-state index contributed by atoms with van der Waals surface area (Å²) in [5.41, 5.74) is 3.93. The van der Waals surface area contributed by atoms with E-state index in [-0.39, 0.29) is 30.3 Å². The van der Waals surface area contributed by atoms with Gasteiger partial charge >= 0.3 is 0 Å². The van der Waals surface area contributed by atoms with Crippen molar-refractivity contribution in [1.82, 2.24) is 10.2 Å². The van der Waals surface area contributed by atoms with Crippen LogP contribution in [0.15, 0.2) is 97.1 Å². The Morgan fingerprint density at radius 1 is 0.805 bits per heavy atom. The summed E-state index contributed by atoms with van der Waals surface area (Å²) < 4.78 is 0. The first-order valence-corrected chi connectivity index (χ1v) is 15.0. The van der Waals surface area contributed by atoms with E-state index in [1.54, 1.807) is 0 Å². The molecule has 41 heavy (non-hydrogen) atoms. The van der Waals surface area contributed by atoms with Crippen LogP contribution in [-0.4, -0.2) is 34.5 Å². The Labute approximate surface area is 242 Å². The summed E-state index contributed by atoms with van der Waals surface area (Å²) in [7, 11) is 0. The largest absolute Gasteiger partial charge is 0.394 e. The standard InChI is InChI=1S/C36H38N2O3/c39-24-34(28-9-2-1-3-10-28)37-35(40)33-13-7-6-12-32(33)27-16-14-25(15-17-27)23-38(31-20-21-31)36(41)30-19-18-26-8-4-5-11-29(26)22-30/h1-5,8-11,14-19,22,31-34,39H,6-7,12-13,20-21,23-24H2,(H,37,40)/t32-,33+,34?/m1/s1. The lowest BCUT2D eigenvalue weighted by Crippen LogP contribution is -2.39. The van der Waals surface area contributed by atoms with Gasteiger partial charge in [0.2, 0.25) is 5.91 Å². The van der Waals surface area contributed by atoms with Gasteiger partial charge in [0.1, 0.15) is 0 Å². The number of benzene rings is 4. The summed E-state index contributed by atoms with van der Waals surface area (Å²) >= 11 is 0. The third kappa shape index (κ3) is 6.20. The van der Waals surface area contributed by atoms with E-state index >= 15 is 0 Å². The highest BCUT2D eigenvalue weighted by atomic mass is 16.3. The average molecular weight is 547 g/mol. The lowest BCUT2D eigenvalue weighted by Gasteiger charge is -2.32. The van der Waals surface area contributed by atoms with Crippen LogP contribution in [0.5, 0.6) is 0 Å². The number of aliphatic hydroxyl groups is 1. The average Bonchev–Trinajstić information content (AvgIpc) is 3.88. The SMILES string of the molecule is O=C(NC(CO)c1ccccc1)[C@H]1CCCC[C@@H]1c1ccc(CN(C(=O)c2ccc3ccccc3c2)C2CC2)cc1. The van der Waals surface area contributed by atoms with Crippen molar-refractivity contribution >= 4 is 22.6 Å². The predicted octanol–water partition coefficient (Wildman–Crippen LogP) is 6.77. The third-order valence-corrected chi connectivity index (χ3v) is 8.81. The van der Waals surface area contributed by atoms with Crippen molar-refractivity contribution in [2.75, 3.05) is 6.61 Å². The van der Waals surface area contributed by atoms with E-state index in [2.05, 4.69) is 41.7 Å². The second-order valence-electron chi connectivity index (χ2n) is 11.6. The maximum absolute atomic E-state index is 13.6. The molecular weight excluding hydrogens is 508 g/mol. The van der Waals surface area contributed by atoms with Crippen molar-refractivity contribution in [2.24, 2.45) is 5.92 Å². The van der Waals surface area contributed by atoms with Crippen molar-refractivity contribution in [3.63, 3.8) is 0 Å². The Balaban J connectivity index is 1.15. The topological polar surface area (TPSA) is 69.6 Å². The van der Waals surface area contributed by atoms with Crippen molar-refractivity contribution in [3.8, 4) is 0 Å². The van der Waals surface area contributed by atoms with Crippen molar-refractivity contribution in [2.45, 2.75) is 63.1 Å². The first-order valence-electron chi connectivity index (χ1n) is 15.0. The molecular formula is C36H38N2O3.